The molecule has 0 atom stereocenters. The van der Waals surface area contributed by atoms with Gasteiger partial charge in [-0.15, -0.1) is 6.58 Å². The summed E-state index contributed by atoms with van der Waals surface area (Å²) in [5.41, 5.74) is 0.789. The lowest BCUT2D eigenvalue weighted by molar-refractivity contribution is -0.115. The van der Waals surface area contributed by atoms with Crippen LogP contribution in [0.4, 0.5) is 5.69 Å². The second kappa shape index (κ2) is 9.72. The molecule has 0 saturated heterocycles. The lowest BCUT2D eigenvalue weighted by atomic mass is 10.3. The maximum atomic E-state index is 11.6. The zero-order chi connectivity index (χ0) is 13.9. The zero-order valence-electron chi connectivity index (χ0n) is 10.8. The second-order valence-corrected chi connectivity index (χ2v) is 4.84. The molecule has 0 spiro atoms. The SMILES string of the molecule is C=CCCOCCNCC(=O)Nc1ccc(Br)cc1. The molecule has 104 valence electrons. The summed E-state index contributed by atoms with van der Waals surface area (Å²) in [5, 5.41) is 5.83. The van der Waals surface area contributed by atoms with Crippen LogP contribution >= 0.6 is 15.9 Å². The topological polar surface area (TPSA) is 50.4 Å². The van der Waals surface area contributed by atoms with E-state index < -0.39 is 0 Å². The van der Waals surface area contributed by atoms with E-state index in [1.165, 1.54) is 0 Å². The fourth-order valence-electron chi connectivity index (χ4n) is 1.35. The van der Waals surface area contributed by atoms with Gasteiger partial charge in [0.25, 0.3) is 0 Å². The Morgan fingerprint density at radius 1 is 1.32 bits per heavy atom. The Kier molecular flexibility index (Phi) is 8.13. The Balaban J connectivity index is 2.08. The molecular formula is C14H19BrN2O2. The summed E-state index contributed by atoms with van der Waals surface area (Å²) >= 11 is 3.34. The van der Waals surface area contributed by atoms with Crippen molar-refractivity contribution in [3.63, 3.8) is 0 Å². The molecular weight excluding hydrogens is 308 g/mol. The smallest absolute Gasteiger partial charge is 0.238 e. The average molecular weight is 327 g/mol. The third-order valence-electron chi connectivity index (χ3n) is 2.30. The molecule has 2 N–H and O–H groups in total. The van der Waals surface area contributed by atoms with E-state index in [-0.39, 0.29) is 12.5 Å². The predicted octanol–water partition coefficient (Wildman–Crippen LogP) is 2.57. The molecule has 0 aliphatic carbocycles. The number of hydrogen-bond acceptors (Lipinski definition) is 3. The molecule has 4 nitrogen and oxygen atoms in total. The zero-order valence-corrected chi connectivity index (χ0v) is 12.4. The molecule has 0 saturated carbocycles. The van der Waals surface area contributed by atoms with Crippen molar-refractivity contribution in [1.29, 1.82) is 0 Å². The molecule has 0 bridgehead atoms. The van der Waals surface area contributed by atoms with Gasteiger partial charge in [-0.1, -0.05) is 22.0 Å². The van der Waals surface area contributed by atoms with Crippen LogP contribution in [0.1, 0.15) is 6.42 Å². The molecule has 0 fully saturated rings. The van der Waals surface area contributed by atoms with Crippen LogP contribution in [0.3, 0.4) is 0 Å². The third-order valence-corrected chi connectivity index (χ3v) is 2.83. The minimum Gasteiger partial charge on any atom is -0.380 e. The van der Waals surface area contributed by atoms with Gasteiger partial charge in [-0.05, 0) is 30.7 Å². The number of carbonyl (C=O) groups excluding carboxylic acids is 1. The van der Waals surface area contributed by atoms with E-state index in [1.807, 2.05) is 30.3 Å². The van der Waals surface area contributed by atoms with Gasteiger partial charge >= 0.3 is 0 Å². The summed E-state index contributed by atoms with van der Waals surface area (Å²) in [4.78, 5) is 11.6. The summed E-state index contributed by atoms with van der Waals surface area (Å²) in [6.45, 7) is 5.82. The molecule has 0 radical (unpaired) electrons. The summed E-state index contributed by atoms with van der Waals surface area (Å²) in [6.07, 6.45) is 2.67. The molecule has 0 aliphatic rings. The van der Waals surface area contributed by atoms with Gasteiger partial charge in [0.2, 0.25) is 5.91 Å². The van der Waals surface area contributed by atoms with E-state index in [1.54, 1.807) is 0 Å². The Morgan fingerprint density at radius 3 is 2.74 bits per heavy atom. The first-order chi connectivity index (χ1) is 9.22. The number of nitrogens with one attached hydrogen (secondary N) is 2. The molecule has 19 heavy (non-hydrogen) atoms. The van der Waals surface area contributed by atoms with Crippen LogP contribution < -0.4 is 10.6 Å². The van der Waals surface area contributed by atoms with Crippen LogP contribution in [0, 0.1) is 0 Å². The van der Waals surface area contributed by atoms with Crippen molar-refractivity contribution in [2.45, 2.75) is 6.42 Å². The standard InChI is InChI=1S/C14H19BrN2O2/c1-2-3-9-19-10-8-16-11-14(18)17-13-6-4-12(15)5-7-13/h2,4-7,16H,1,3,8-11H2,(H,17,18). The molecule has 1 rings (SSSR count). The summed E-state index contributed by atoms with van der Waals surface area (Å²) < 4.78 is 6.30. The molecule has 5 heteroatoms. The summed E-state index contributed by atoms with van der Waals surface area (Å²) in [5.74, 6) is -0.0617. The maximum absolute atomic E-state index is 11.6. The molecule has 0 aromatic heterocycles. The van der Waals surface area contributed by atoms with Crippen LogP contribution in [-0.2, 0) is 9.53 Å². The van der Waals surface area contributed by atoms with Gasteiger partial charge in [-0.25, -0.2) is 0 Å². The highest BCUT2D eigenvalue weighted by Crippen LogP contribution is 2.13. The minimum absolute atomic E-state index is 0.0617. The van der Waals surface area contributed by atoms with E-state index in [0.717, 1.165) is 16.6 Å². The quantitative estimate of drug-likeness (QED) is 0.541. The van der Waals surface area contributed by atoms with Crippen molar-refractivity contribution in [2.75, 3.05) is 31.6 Å². The Labute approximate surface area is 122 Å². The van der Waals surface area contributed by atoms with Gasteiger partial charge in [0.05, 0.1) is 19.8 Å². The lowest BCUT2D eigenvalue weighted by Gasteiger charge is -2.07. The van der Waals surface area contributed by atoms with Gasteiger partial charge in [-0.2, -0.15) is 0 Å². The first kappa shape index (κ1) is 15.9. The van der Waals surface area contributed by atoms with E-state index in [0.29, 0.717) is 19.8 Å². The number of ether oxygens (including phenoxy) is 1. The van der Waals surface area contributed by atoms with E-state index >= 15 is 0 Å². The Hall–Kier alpha value is -1.17. The van der Waals surface area contributed by atoms with Crippen LogP contribution in [0.15, 0.2) is 41.4 Å². The second-order valence-electron chi connectivity index (χ2n) is 3.92. The van der Waals surface area contributed by atoms with Crippen molar-refractivity contribution in [2.24, 2.45) is 0 Å². The molecule has 1 amide bonds. The highest BCUT2D eigenvalue weighted by Gasteiger charge is 2.01. The molecule has 0 aliphatic heterocycles. The lowest BCUT2D eigenvalue weighted by Crippen LogP contribution is -2.30. The highest BCUT2D eigenvalue weighted by atomic mass is 79.9. The molecule has 0 unspecified atom stereocenters. The van der Waals surface area contributed by atoms with Crippen molar-refractivity contribution in [1.82, 2.24) is 5.32 Å². The average Bonchev–Trinajstić information content (AvgIpc) is 2.40. The molecule has 1 aromatic carbocycles. The third kappa shape index (κ3) is 7.77. The predicted molar refractivity (Wildman–Crippen MR) is 81.3 cm³/mol. The number of amides is 1. The first-order valence-electron chi connectivity index (χ1n) is 6.17. The number of anilines is 1. The van der Waals surface area contributed by atoms with Crippen LogP contribution in [0.25, 0.3) is 0 Å². The van der Waals surface area contributed by atoms with Crippen LogP contribution in [0.2, 0.25) is 0 Å². The molecule has 1 aromatic rings. The number of rotatable bonds is 9. The fourth-order valence-corrected chi connectivity index (χ4v) is 1.62. The molecule has 0 heterocycles. The number of hydrogen-bond donors (Lipinski definition) is 2. The van der Waals surface area contributed by atoms with E-state index in [9.17, 15) is 4.79 Å². The Bertz CT molecular complexity index is 393. The van der Waals surface area contributed by atoms with Gasteiger partial charge in [0.1, 0.15) is 0 Å². The summed E-state index contributed by atoms with van der Waals surface area (Å²) in [6, 6.07) is 7.47. The van der Waals surface area contributed by atoms with Gasteiger partial charge in [-0.3, -0.25) is 4.79 Å². The number of benzene rings is 1. The largest absolute Gasteiger partial charge is 0.380 e. The van der Waals surface area contributed by atoms with Crippen molar-refractivity contribution in [3.8, 4) is 0 Å². The Morgan fingerprint density at radius 2 is 2.05 bits per heavy atom. The van der Waals surface area contributed by atoms with Crippen LogP contribution in [-0.4, -0.2) is 32.2 Å². The minimum atomic E-state index is -0.0617. The number of carbonyl (C=O) groups is 1. The van der Waals surface area contributed by atoms with Crippen molar-refractivity contribution in [3.05, 3.63) is 41.4 Å². The normalized spacial score (nSPS) is 10.2. The highest BCUT2D eigenvalue weighted by molar-refractivity contribution is 9.10. The summed E-state index contributed by atoms with van der Waals surface area (Å²) in [7, 11) is 0. The van der Waals surface area contributed by atoms with Gasteiger partial charge < -0.3 is 15.4 Å². The van der Waals surface area contributed by atoms with E-state index in [2.05, 4.69) is 33.1 Å². The maximum Gasteiger partial charge on any atom is 0.238 e. The van der Waals surface area contributed by atoms with Gasteiger partial charge in [0.15, 0.2) is 0 Å². The fraction of sp³-hybridized carbons (Fsp3) is 0.357. The van der Waals surface area contributed by atoms with Crippen molar-refractivity contribution >= 4 is 27.5 Å². The number of halogens is 1. The van der Waals surface area contributed by atoms with Crippen LogP contribution in [0.5, 0.6) is 0 Å². The first-order valence-corrected chi connectivity index (χ1v) is 6.96. The van der Waals surface area contributed by atoms with E-state index in [4.69, 9.17) is 4.74 Å². The van der Waals surface area contributed by atoms with Crippen molar-refractivity contribution < 1.29 is 9.53 Å². The van der Waals surface area contributed by atoms with Gasteiger partial charge in [0, 0.05) is 16.7 Å². The monoisotopic (exact) mass is 326 g/mol.